The predicted octanol–water partition coefficient (Wildman–Crippen LogP) is 6.21. The molecule has 0 aromatic heterocycles. The monoisotopic (exact) mass is 352 g/mol. The minimum Gasteiger partial charge on any atom is -0.396 e. The lowest BCUT2D eigenvalue weighted by Crippen LogP contribution is -2.26. The van der Waals surface area contributed by atoms with Crippen LogP contribution in [0, 0.1) is 29.6 Å². The third-order valence-corrected chi connectivity index (χ3v) is 7.31. The van der Waals surface area contributed by atoms with Crippen LogP contribution in [0.1, 0.15) is 96.8 Å². The van der Waals surface area contributed by atoms with Gasteiger partial charge < -0.3 is 9.84 Å². The van der Waals surface area contributed by atoms with E-state index in [2.05, 4.69) is 6.92 Å². The van der Waals surface area contributed by atoms with Gasteiger partial charge in [0.15, 0.2) is 0 Å². The van der Waals surface area contributed by atoms with Crippen LogP contribution in [0.3, 0.4) is 0 Å². The van der Waals surface area contributed by atoms with E-state index in [4.69, 9.17) is 4.74 Å². The van der Waals surface area contributed by atoms with Gasteiger partial charge in [-0.05, 0) is 55.8 Å². The molecule has 0 aliphatic heterocycles. The quantitative estimate of drug-likeness (QED) is 0.448. The normalized spacial score (nSPS) is 31.8. The topological polar surface area (TPSA) is 29.5 Å². The standard InChI is InChI=1S/C23H44O2/c1-3-4-5-6-19-9-13-22(14-10-19)23-15-11-20(12-16-23)7-8-21(17-24)18-25-2/h19-24H,3-18H2,1-2H3. The van der Waals surface area contributed by atoms with E-state index in [9.17, 15) is 5.11 Å². The van der Waals surface area contributed by atoms with Crippen LogP contribution in [0.4, 0.5) is 0 Å². The molecule has 0 heterocycles. The van der Waals surface area contributed by atoms with Crippen LogP contribution in [-0.2, 0) is 4.74 Å². The van der Waals surface area contributed by atoms with Crippen molar-refractivity contribution in [3.05, 3.63) is 0 Å². The number of ether oxygens (including phenoxy) is 1. The van der Waals surface area contributed by atoms with Crippen molar-refractivity contribution >= 4 is 0 Å². The fraction of sp³-hybridized carbons (Fsp3) is 1.00. The van der Waals surface area contributed by atoms with Crippen molar-refractivity contribution < 1.29 is 9.84 Å². The zero-order chi connectivity index (χ0) is 17.9. The average Bonchev–Trinajstić information content (AvgIpc) is 2.66. The smallest absolute Gasteiger partial charge is 0.0512 e. The van der Waals surface area contributed by atoms with Gasteiger partial charge >= 0.3 is 0 Å². The zero-order valence-electron chi connectivity index (χ0n) is 17.1. The first-order chi connectivity index (χ1) is 12.3. The summed E-state index contributed by atoms with van der Waals surface area (Å²) in [7, 11) is 1.74. The van der Waals surface area contributed by atoms with Gasteiger partial charge in [0.2, 0.25) is 0 Å². The summed E-state index contributed by atoms with van der Waals surface area (Å²) in [6, 6.07) is 0. The van der Waals surface area contributed by atoms with Crippen molar-refractivity contribution in [2.75, 3.05) is 20.3 Å². The summed E-state index contributed by atoms with van der Waals surface area (Å²) >= 11 is 0. The van der Waals surface area contributed by atoms with Gasteiger partial charge in [-0.2, -0.15) is 0 Å². The number of hydrogen-bond acceptors (Lipinski definition) is 2. The van der Waals surface area contributed by atoms with Crippen LogP contribution in [0.15, 0.2) is 0 Å². The Kier molecular flexibility index (Phi) is 10.5. The molecule has 2 fully saturated rings. The minimum atomic E-state index is 0.282. The Labute approximate surface area is 157 Å². The summed E-state index contributed by atoms with van der Waals surface area (Å²) < 4.78 is 5.21. The van der Waals surface area contributed by atoms with E-state index in [0.717, 1.165) is 30.1 Å². The number of methoxy groups -OCH3 is 1. The van der Waals surface area contributed by atoms with E-state index >= 15 is 0 Å². The maximum absolute atomic E-state index is 9.41. The molecule has 0 amide bonds. The van der Waals surface area contributed by atoms with Gasteiger partial charge in [-0.1, -0.05) is 64.7 Å². The summed E-state index contributed by atoms with van der Waals surface area (Å²) in [5.74, 6) is 4.39. The van der Waals surface area contributed by atoms with Crippen LogP contribution in [0.5, 0.6) is 0 Å². The molecule has 0 aromatic rings. The molecule has 2 saturated carbocycles. The van der Waals surface area contributed by atoms with Crippen LogP contribution in [0.2, 0.25) is 0 Å². The highest BCUT2D eigenvalue weighted by molar-refractivity contribution is 4.82. The second-order valence-electron chi connectivity index (χ2n) is 9.14. The predicted molar refractivity (Wildman–Crippen MR) is 107 cm³/mol. The van der Waals surface area contributed by atoms with E-state index in [1.54, 1.807) is 7.11 Å². The Bertz CT molecular complexity index is 314. The SMILES string of the molecule is CCCCCC1CCC(C2CCC(CCC(CO)COC)CC2)CC1. The van der Waals surface area contributed by atoms with Crippen molar-refractivity contribution in [1.82, 2.24) is 0 Å². The van der Waals surface area contributed by atoms with Gasteiger partial charge in [0.1, 0.15) is 0 Å². The molecule has 148 valence electrons. The van der Waals surface area contributed by atoms with Crippen molar-refractivity contribution in [2.24, 2.45) is 29.6 Å². The van der Waals surface area contributed by atoms with Crippen LogP contribution < -0.4 is 0 Å². The van der Waals surface area contributed by atoms with Crippen LogP contribution in [-0.4, -0.2) is 25.4 Å². The van der Waals surface area contributed by atoms with E-state index < -0.39 is 0 Å². The summed E-state index contributed by atoms with van der Waals surface area (Å²) in [5, 5.41) is 9.41. The zero-order valence-corrected chi connectivity index (χ0v) is 17.1. The molecule has 1 atom stereocenters. The Morgan fingerprint density at radius 2 is 1.40 bits per heavy atom. The summed E-state index contributed by atoms with van der Waals surface area (Å²) in [6.45, 7) is 3.31. The van der Waals surface area contributed by atoms with E-state index in [1.807, 2.05) is 0 Å². The van der Waals surface area contributed by atoms with Crippen molar-refractivity contribution in [3.8, 4) is 0 Å². The van der Waals surface area contributed by atoms with Gasteiger partial charge in [-0.25, -0.2) is 0 Å². The van der Waals surface area contributed by atoms with Crippen molar-refractivity contribution in [3.63, 3.8) is 0 Å². The molecule has 0 bridgehead atoms. The summed E-state index contributed by atoms with van der Waals surface area (Å²) in [5.41, 5.74) is 0. The molecular formula is C23H44O2. The molecule has 2 rings (SSSR count). The maximum atomic E-state index is 9.41. The molecule has 0 saturated heterocycles. The first kappa shape index (κ1) is 21.2. The van der Waals surface area contributed by atoms with E-state index in [1.165, 1.54) is 83.5 Å². The minimum absolute atomic E-state index is 0.282. The van der Waals surface area contributed by atoms with Gasteiger partial charge in [0.25, 0.3) is 0 Å². The molecule has 2 heteroatoms. The Balaban J connectivity index is 1.59. The molecule has 0 aromatic carbocycles. The van der Waals surface area contributed by atoms with Gasteiger partial charge in [0.05, 0.1) is 6.61 Å². The van der Waals surface area contributed by atoms with E-state index in [0.29, 0.717) is 12.5 Å². The van der Waals surface area contributed by atoms with Gasteiger partial charge in [0, 0.05) is 19.6 Å². The molecule has 2 aliphatic rings. The van der Waals surface area contributed by atoms with Crippen molar-refractivity contribution in [2.45, 2.75) is 96.8 Å². The second-order valence-corrected chi connectivity index (χ2v) is 9.14. The van der Waals surface area contributed by atoms with Gasteiger partial charge in [-0.15, -0.1) is 0 Å². The molecular weight excluding hydrogens is 308 g/mol. The third kappa shape index (κ3) is 7.59. The van der Waals surface area contributed by atoms with Gasteiger partial charge in [-0.3, -0.25) is 0 Å². The highest BCUT2D eigenvalue weighted by atomic mass is 16.5. The molecule has 0 spiro atoms. The molecule has 1 unspecified atom stereocenters. The number of rotatable bonds is 11. The lowest BCUT2D eigenvalue weighted by atomic mass is 9.68. The number of aliphatic hydroxyl groups excluding tert-OH is 1. The third-order valence-electron chi connectivity index (χ3n) is 7.31. The summed E-state index contributed by atoms with van der Waals surface area (Å²) in [6.07, 6.45) is 20.1. The van der Waals surface area contributed by atoms with E-state index in [-0.39, 0.29) is 6.61 Å². The first-order valence-electron chi connectivity index (χ1n) is 11.4. The number of aliphatic hydroxyl groups is 1. The largest absolute Gasteiger partial charge is 0.396 e. The average molecular weight is 353 g/mol. The first-order valence-corrected chi connectivity index (χ1v) is 11.4. The second kappa shape index (κ2) is 12.3. The summed E-state index contributed by atoms with van der Waals surface area (Å²) in [4.78, 5) is 0. The molecule has 2 nitrogen and oxygen atoms in total. The molecule has 2 aliphatic carbocycles. The highest BCUT2D eigenvalue weighted by Gasteiger charge is 2.30. The van der Waals surface area contributed by atoms with Crippen LogP contribution >= 0.6 is 0 Å². The Morgan fingerprint density at radius 3 is 1.88 bits per heavy atom. The lowest BCUT2D eigenvalue weighted by molar-refractivity contribution is 0.0944. The Hall–Kier alpha value is -0.0800. The molecule has 25 heavy (non-hydrogen) atoms. The fourth-order valence-electron chi connectivity index (χ4n) is 5.51. The fourth-order valence-corrected chi connectivity index (χ4v) is 5.51. The number of unbranched alkanes of at least 4 members (excludes halogenated alkanes) is 2. The molecule has 1 N–H and O–H groups in total. The van der Waals surface area contributed by atoms with Crippen LogP contribution in [0.25, 0.3) is 0 Å². The Morgan fingerprint density at radius 1 is 0.840 bits per heavy atom. The highest BCUT2D eigenvalue weighted by Crippen LogP contribution is 2.43. The maximum Gasteiger partial charge on any atom is 0.0512 e. The number of hydrogen-bond donors (Lipinski definition) is 1. The molecule has 0 radical (unpaired) electrons. The van der Waals surface area contributed by atoms with Crippen molar-refractivity contribution in [1.29, 1.82) is 0 Å². The lowest BCUT2D eigenvalue weighted by Gasteiger charge is -2.38.